The van der Waals surface area contributed by atoms with Gasteiger partial charge >= 0.3 is 12.0 Å². The average molecular weight is 291 g/mol. The molecule has 0 saturated carbocycles. The van der Waals surface area contributed by atoms with Crippen molar-refractivity contribution in [1.29, 1.82) is 0 Å². The number of likely N-dealkylation sites (tertiary alicyclic amines) is 1. The maximum Gasteiger partial charge on any atom is 0.317 e. The van der Waals surface area contributed by atoms with E-state index in [2.05, 4.69) is 10.3 Å². The number of aryl methyl sites for hydroxylation is 1. The average Bonchev–Trinajstić information content (AvgIpc) is 2.92. The molecule has 2 amide bonds. The van der Waals surface area contributed by atoms with Crippen LogP contribution in [0.3, 0.4) is 0 Å². The van der Waals surface area contributed by atoms with Gasteiger partial charge < -0.3 is 15.3 Å². The Morgan fingerprint density at radius 3 is 2.86 bits per heavy atom. The van der Waals surface area contributed by atoms with Crippen LogP contribution in [0.25, 0.3) is 0 Å². The van der Waals surface area contributed by atoms with E-state index in [1.807, 2.05) is 26.0 Å². The molecule has 1 aromatic heterocycles. The van der Waals surface area contributed by atoms with Gasteiger partial charge in [-0.15, -0.1) is 0 Å². The first-order valence-electron chi connectivity index (χ1n) is 7.15. The molecule has 0 aromatic carbocycles. The van der Waals surface area contributed by atoms with Crippen molar-refractivity contribution in [1.82, 2.24) is 15.2 Å². The van der Waals surface area contributed by atoms with E-state index in [9.17, 15) is 14.7 Å². The highest BCUT2D eigenvalue weighted by Crippen LogP contribution is 2.34. The molecule has 1 aromatic rings. The van der Waals surface area contributed by atoms with Crippen LogP contribution >= 0.6 is 0 Å². The summed E-state index contributed by atoms with van der Waals surface area (Å²) in [6, 6.07) is 3.57. The van der Waals surface area contributed by atoms with E-state index in [0.717, 1.165) is 11.3 Å². The third-order valence-corrected chi connectivity index (χ3v) is 4.30. The molecule has 2 rings (SSSR count). The lowest BCUT2D eigenvalue weighted by atomic mass is 9.84. The van der Waals surface area contributed by atoms with E-state index in [1.165, 1.54) is 0 Å². The van der Waals surface area contributed by atoms with Gasteiger partial charge in [0.2, 0.25) is 0 Å². The van der Waals surface area contributed by atoms with Crippen LogP contribution in [0.4, 0.5) is 4.79 Å². The summed E-state index contributed by atoms with van der Waals surface area (Å²) < 4.78 is 0. The van der Waals surface area contributed by atoms with Crippen LogP contribution in [0, 0.1) is 12.3 Å². The number of carbonyl (C=O) groups is 2. The number of pyridine rings is 1. The molecule has 0 bridgehead atoms. The van der Waals surface area contributed by atoms with Crippen molar-refractivity contribution < 1.29 is 14.7 Å². The van der Waals surface area contributed by atoms with E-state index in [-0.39, 0.29) is 12.6 Å². The molecule has 6 nitrogen and oxygen atoms in total. The highest BCUT2D eigenvalue weighted by atomic mass is 16.4. The minimum Gasteiger partial charge on any atom is -0.481 e. The van der Waals surface area contributed by atoms with Crippen LogP contribution in [0.5, 0.6) is 0 Å². The molecule has 6 heteroatoms. The summed E-state index contributed by atoms with van der Waals surface area (Å²) >= 11 is 0. The first kappa shape index (κ1) is 15.3. The number of urea groups is 1. The highest BCUT2D eigenvalue weighted by molar-refractivity contribution is 5.79. The molecule has 1 saturated heterocycles. The Kier molecular flexibility index (Phi) is 4.45. The Labute approximate surface area is 124 Å². The standard InChI is InChI=1S/C15H21N3O3/c1-3-15(13(19)20)6-8-18(10-15)14(21)17-9-12-11(2)5-4-7-16-12/h4-5,7H,3,6,8-10H2,1-2H3,(H,17,21)(H,19,20). The van der Waals surface area contributed by atoms with E-state index in [4.69, 9.17) is 0 Å². The normalized spacial score (nSPS) is 21.3. The largest absolute Gasteiger partial charge is 0.481 e. The van der Waals surface area contributed by atoms with Crippen LogP contribution in [0.2, 0.25) is 0 Å². The second-order valence-electron chi connectivity index (χ2n) is 5.54. The molecule has 1 fully saturated rings. The zero-order chi connectivity index (χ0) is 15.5. The van der Waals surface area contributed by atoms with Gasteiger partial charge in [-0.2, -0.15) is 0 Å². The fourth-order valence-corrected chi connectivity index (χ4v) is 2.63. The summed E-state index contributed by atoms with van der Waals surface area (Å²) in [7, 11) is 0. The van der Waals surface area contributed by atoms with Crippen LogP contribution < -0.4 is 5.32 Å². The van der Waals surface area contributed by atoms with E-state index in [1.54, 1.807) is 11.1 Å². The van der Waals surface area contributed by atoms with Crippen LogP contribution in [-0.4, -0.2) is 40.1 Å². The number of nitrogens with one attached hydrogen (secondary N) is 1. The van der Waals surface area contributed by atoms with Crippen molar-refractivity contribution in [3.63, 3.8) is 0 Å². The van der Waals surface area contributed by atoms with Crippen LogP contribution in [-0.2, 0) is 11.3 Å². The predicted octanol–water partition coefficient (Wildman–Crippen LogP) is 1.79. The predicted molar refractivity (Wildman–Crippen MR) is 77.8 cm³/mol. The van der Waals surface area contributed by atoms with Crippen molar-refractivity contribution in [2.24, 2.45) is 5.41 Å². The molecule has 0 radical (unpaired) electrons. The lowest BCUT2D eigenvalue weighted by molar-refractivity contribution is -0.148. The fraction of sp³-hybridized carbons (Fsp3) is 0.533. The van der Waals surface area contributed by atoms with E-state index < -0.39 is 11.4 Å². The Hall–Kier alpha value is -2.11. The summed E-state index contributed by atoms with van der Waals surface area (Å²) in [5, 5.41) is 12.2. The first-order chi connectivity index (χ1) is 9.98. The Balaban J connectivity index is 1.94. The smallest absolute Gasteiger partial charge is 0.317 e. The topological polar surface area (TPSA) is 82.5 Å². The third-order valence-electron chi connectivity index (χ3n) is 4.30. The number of nitrogens with zero attached hydrogens (tertiary/aromatic N) is 2. The second-order valence-corrected chi connectivity index (χ2v) is 5.54. The molecule has 2 heterocycles. The fourth-order valence-electron chi connectivity index (χ4n) is 2.63. The molecule has 2 N–H and O–H groups in total. The molecule has 1 atom stereocenters. The van der Waals surface area contributed by atoms with E-state index >= 15 is 0 Å². The third kappa shape index (κ3) is 3.15. The van der Waals surface area contributed by atoms with Crippen molar-refractivity contribution >= 4 is 12.0 Å². The number of amides is 2. The lowest BCUT2D eigenvalue weighted by Gasteiger charge is -2.23. The number of hydrogen-bond donors (Lipinski definition) is 2. The number of carboxylic acid groups (broad SMARTS) is 1. The molecule has 1 aliphatic rings. The minimum absolute atomic E-state index is 0.225. The number of hydrogen-bond acceptors (Lipinski definition) is 3. The molecule has 1 unspecified atom stereocenters. The van der Waals surface area contributed by atoms with E-state index in [0.29, 0.717) is 25.9 Å². The maximum absolute atomic E-state index is 12.2. The molecule has 21 heavy (non-hydrogen) atoms. The zero-order valence-corrected chi connectivity index (χ0v) is 12.4. The second kappa shape index (κ2) is 6.11. The molecular formula is C15H21N3O3. The Bertz CT molecular complexity index is 547. The van der Waals surface area contributed by atoms with Gasteiger partial charge in [-0.05, 0) is 31.4 Å². The SMILES string of the molecule is CCC1(C(=O)O)CCN(C(=O)NCc2ncccc2C)C1. The summed E-state index contributed by atoms with van der Waals surface area (Å²) in [5.41, 5.74) is 1.05. The molecule has 114 valence electrons. The minimum atomic E-state index is -0.819. The lowest BCUT2D eigenvalue weighted by Crippen LogP contribution is -2.41. The van der Waals surface area contributed by atoms with Crippen LogP contribution in [0.15, 0.2) is 18.3 Å². The molecular weight excluding hydrogens is 270 g/mol. The number of aromatic nitrogens is 1. The number of rotatable bonds is 4. The number of aliphatic carboxylic acids is 1. The Morgan fingerprint density at radius 1 is 1.52 bits per heavy atom. The monoisotopic (exact) mass is 291 g/mol. The summed E-state index contributed by atoms with van der Waals surface area (Å²) in [5.74, 6) is -0.819. The van der Waals surface area contributed by atoms with Gasteiger partial charge in [-0.25, -0.2) is 4.79 Å². The van der Waals surface area contributed by atoms with Crippen LogP contribution in [0.1, 0.15) is 31.0 Å². The number of carboxylic acids is 1. The first-order valence-corrected chi connectivity index (χ1v) is 7.15. The van der Waals surface area contributed by atoms with Gasteiger partial charge in [0.05, 0.1) is 17.7 Å². The van der Waals surface area contributed by atoms with Crippen molar-refractivity contribution in [2.75, 3.05) is 13.1 Å². The summed E-state index contributed by atoms with van der Waals surface area (Å²) in [6.45, 7) is 4.90. The van der Waals surface area contributed by atoms with Crippen molar-refractivity contribution in [3.05, 3.63) is 29.6 Å². The van der Waals surface area contributed by atoms with Gasteiger partial charge in [-0.3, -0.25) is 9.78 Å². The molecule has 1 aliphatic heterocycles. The number of carbonyl (C=O) groups excluding carboxylic acids is 1. The molecule has 0 spiro atoms. The van der Waals surface area contributed by atoms with Gasteiger partial charge in [0, 0.05) is 19.3 Å². The highest BCUT2D eigenvalue weighted by Gasteiger charge is 2.44. The summed E-state index contributed by atoms with van der Waals surface area (Å²) in [4.78, 5) is 29.3. The molecule has 0 aliphatic carbocycles. The van der Waals surface area contributed by atoms with Crippen molar-refractivity contribution in [3.8, 4) is 0 Å². The van der Waals surface area contributed by atoms with Gasteiger partial charge in [0.15, 0.2) is 0 Å². The van der Waals surface area contributed by atoms with Gasteiger partial charge in [0.1, 0.15) is 0 Å². The van der Waals surface area contributed by atoms with Crippen molar-refractivity contribution in [2.45, 2.75) is 33.2 Å². The zero-order valence-electron chi connectivity index (χ0n) is 12.4. The maximum atomic E-state index is 12.2. The quantitative estimate of drug-likeness (QED) is 0.886. The van der Waals surface area contributed by atoms with Gasteiger partial charge in [0.25, 0.3) is 0 Å². The Morgan fingerprint density at radius 2 is 2.29 bits per heavy atom. The summed E-state index contributed by atoms with van der Waals surface area (Å²) in [6.07, 6.45) is 2.73. The van der Waals surface area contributed by atoms with Gasteiger partial charge in [-0.1, -0.05) is 13.0 Å².